The highest BCUT2D eigenvalue weighted by molar-refractivity contribution is 7.99. The maximum absolute atomic E-state index is 14.1. The van der Waals surface area contributed by atoms with Gasteiger partial charge in [-0.2, -0.15) is 0 Å². The van der Waals surface area contributed by atoms with Crippen molar-refractivity contribution >= 4 is 46.3 Å². The first-order valence-electron chi connectivity index (χ1n) is 11.8. The van der Waals surface area contributed by atoms with Crippen LogP contribution in [0, 0.1) is 5.82 Å². The molecular weight excluding hydrogens is 590 g/mol. The molecule has 6 rings (SSSR count). The molecule has 2 aromatic carbocycles. The summed E-state index contributed by atoms with van der Waals surface area (Å²) in [6, 6.07) is 12.1. The van der Waals surface area contributed by atoms with Gasteiger partial charge in [-0.3, -0.25) is 4.79 Å². The smallest absolute Gasteiger partial charge is 0.304 e. The molecule has 4 heterocycles. The molecule has 4 aromatic rings. The van der Waals surface area contributed by atoms with E-state index in [4.69, 9.17) is 42.1 Å². The number of ether oxygens (including phenoxy) is 4. The highest BCUT2D eigenvalue weighted by atomic mass is 35.5. The molecule has 2 aliphatic heterocycles. The van der Waals surface area contributed by atoms with Gasteiger partial charge in [-0.15, -0.1) is 5.10 Å². The Hall–Kier alpha value is -2.29. The van der Waals surface area contributed by atoms with Gasteiger partial charge < -0.3 is 23.9 Å². The Balaban J connectivity index is 1.36. The normalized spacial score (nSPS) is 26.9. The van der Waals surface area contributed by atoms with Crippen LogP contribution in [0.2, 0.25) is 10.0 Å². The van der Waals surface area contributed by atoms with Gasteiger partial charge in [-0.25, -0.2) is 9.07 Å². The topological polar surface area (TPSA) is 100 Å². The lowest BCUT2D eigenvalue weighted by Gasteiger charge is -2.48. The molecule has 0 aliphatic carbocycles. The van der Waals surface area contributed by atoms with E-state index in [9.17, 15) is 9.18 Å². The molecule has 0 amide bonds. The Morgan fingerprint density at radius 3 is 2.67 bits per heavy atom. The van der Waals surface area contributed by atoms with Gasteiger partial charge in [0.1, 0.15) is 35.5 Å². The van der Waals surface area contributed by atoms with E-state index < -0.39 is 41.9 Å². The van der Waals surface area contributed by atoms with E-state index in [1.54, 1.807) is 23.4 Å². The second-order valence-corrected chi connectivity index (χ2v) is 11.7. The maximum Gasteiger partial charge on any atom is 0.304 e. The SMILES string of the molecule is COC1[C@@H](Sc2cc(Cl)c(F)c(Cl)c2)OC2COC(c3ccccc3)O[C@@H]2[C@@H]1n1cc(-c2csc(=O)[nH]2)nn1. The number of thioether (sulfide) groups is 1. The largest absolute Gasteiger partial charge is 0.375 e. The Morgan fingerprint density at radius 1 is 1.21 bits per heavy atom. The number of methoxy groups -OCH3 is 1. The second-order valence-electron chi connectivity index (χ2n) is 8.87. The molecule has 0 spiro atoms. The van der Waals surface area contributed by atoms with Crippen LogP contribution < -0.4 is 4.87 Å². The molecule has 9 nitrogen and oxygen atoms in total. The summed E-state index contributed by atoms with van der Waals surface area (Å²) in [5.41, 5.74) is 1.34. The van der Waals surface area contributed by atoms with Crippen molar-refractivity contribution in [1.82, 2.24) is 20.0 Å². The van der Waals surface area contributed by atoms with Crippen LogP contribution in [0.4, 0.5) is 4.39 Å². The van der Waals surface area contributed by atoms with Gasteiger partial charge in [0.05, 0.1) is 28.5 Å². The number of fused-ring (bicyclic) bond motifs is 1. The lowest BCUT2D eigenvalue weighted by atomic mass is 9.95. The number of halogens is 3. The fourth-order valence-electron chi connectivity index (χ4n) is 4.68. The Labute approximate surface area is 240 Å². The number of hydrogen-bond acceptors (Lipinski definition) is 9. The monoisotopic (exact) mass is 610 g/mol. The van der Waals surface area contributed by atoms with Crippen molar-refractivity contribution in [3.63, 3.8) is 0 Å². The van der Waals surface area contributed by atoms with E-state index in [0.29, 0.717) is 16.3 Å². The van der Waals surface area contributed by atoms with Gasteiger partial charge in [0.15, 0.2) is 12.1 Å². The summed E-state index contributed by atoms with van der Waals surface area (Å²) in [5.74, 6) is -0.684. The molecule has 2 saturated heterocycles. The average molecular weight is 612 g/mol. The second kappa shape index (κ2) is 11.3. The van der Waals surface area contributed by atoms with Gasteiger partial charge >= 0.3 is 4.87 Å². The number of nitrogens with zero attached hydrogens (tertiary/aromatic N) is 3. The van der Waals surface area contributed by atoms with Crippen LogP contribution in [0.3, 0.4) is 0 Å². The summed E-state index contributed by atoms with van der Waals surface area (Å²) in [4.78, 5) is 14.9. The number of hydrogen-bond donors (Lipinski definition) is 1. The third-order valence-electron chi connectivity index (χ3n) is 6.48. The van der Waals surface area contributed by atoms with E-state index in [-0.39, 0.29) is 21.5 Å². The molecule has 6 atom stereocenters. The average Bonchev–Trinajstić information content (AvgIpc) is 3.60. The minimum Gasteiger partial charge on any atom is -0.375 e. The predicted octanol–water partition coefficient (Wildman–Crippen LogP) is 5.33. The lowest BCUT2D eigenvalue weighted by Crippen LogP contribution is -2.59. The fourth-order valence-corrected chi connectivity index (χ4v) is 7.11. The van der Waals surface area contributed by atoms with Crippen LogP contribution in [0.1, 0.15) is 17.9 Å². The molecule has 39 heavy (non-hydrogen) atoms. The third kappa shape index (κ3) is 5.40. The van der Waals surface area contributed by atoms with E-state index in [1.807, 2.05) is 30.3 Å². The molecule has 2 fully saturated rings. The van der Waals surface area contributed by atoms with Gasteiger partial charge in [-0.1, -0.05) is 81.8 Å². The first-order valence-corrected chi connectivity index (χ1v) is 14.3. The first-order chi connectivity index (χ1) is 18.9. The fraction of sp³-hybridized carbons (Fsp3) is 0.320. The van der Waals surface area contributed by atoms with E-state index in [1.165, 1.54) is 23.9 Å². The number of aromatic nitrogens is 4. The van der Waals surface area contributed by atoms with Crippen molar-refractivity contribution in [1.29, 1.82) is 0 Å². The Kier molecular flexibility index (Phi) is 7.79. The lowest BCUT2D eigenvalue weighted by molar-refractivity contribution is -0.308. The van der Waals surface area contributed by atoms with E-state index in [0.717, 1.165) is 16.9 Å². The minimum atomic E-state index is -0.684. The highest BCUT2D eigenvalue weighted by Crippen LogP contribution is 2.45. The van der Waals surface area contributed by atoms with E-state index in [2.05, 4.69) is 15.3 Å². The molecule has 1 N–H and O–H groups in total. The zero-order valence-electron chi connectivity index (χ0n) is 20.2. The minimum absolute atomic E-state index is 0.0927. The van der Waals surface area contributed by atoms with Crippen molar-refractivity contribution < 1.29 is 23.3 Å². The number of aromatic amines is 1. The summed E-state index contributed by atoms with van der Waals surface area (Å²) in [6.07, 6.45) is -0.488. The molecule has 2 aromatic heterocycles. The molecule has 2 aliphatic rings. The van der Waals surface area contributed by atoms with Crippen molar-refractivity contribution in [2.24, 2.45) is 0 Å². The summed E-state index contributed by atoms with van der Waals surface area (Å²) < 4.78 is 40.7. The van der Waals surface area contributed by atoms with Gasteiger partial charge in [-0.05, 0) is 12.1 Å². The van der Waals surface area contributed by atoms with Crippen molar-refractivity contribution in [2.45, 2.75) is 41.0 Å². The molecule has 0 radical (unpaired) electrons. The van der Waals surface area contributed by atoms with E-state index >= 15 is 0 Å². The predicted molar refractivity (Wildman–Crippen MR) is 145 cm³/mol. The van der Waals surface area contributed by atoms with Crippen molar-refractivity contribution in [2.75, 3.05) is 13.7 Å². The van der Waals surface area contributed by atoms with Crippen LogP contribution in [-0.2, 0) is 18.9 Å². The zero-order chi connectivity index (χ0) is 27.1. The number of nitrogens with one attached hydrogen (secondary N) is 1. The summed E-state index contributed by atoms with van der Waals surface area (Å²) >= 11 is 14.4. The molecule has 204 valence electrons. The highest BCUT2D eigenvalue weighted by Gasteiger charge is 2.52. The van der Waals surface area contributed by atoms with Gasteiger partial charge in [0.25, 0.3) is 0 Å². The maximum atomic E-state index is 14.1. The molecule has 14 heteroatoms. The number of rotatable bonds is 6. The van der Waals surface area contributed by atoms with Crippen LogP contribution in [0.5, 0.6) is 0 Å². The molecule has 3 unspecified atom stereocenters. The van der Waals surface area contributed by atoms with Gasteiger partial charge in [0, 0.05) is 22.9 Å². The van der Waals surface area contributed by atoms with Crippen molar-refractivity contribution in [3.05, 3.63) is 85.1 Å². The van der Waals surface area contributed by atoms with Crippen molar-refractivity contribution in [3.8, 4) is 11.4 Å². The number of benzene rings is 2. The molecule has 0 bridgehead atoms. The summed E-state index contributed by atoms with van der Waals surface area (Å²) in [6.45, 7) is 0.249. The standard InChI is InChI=1S/C25H21Cl2FN4O5S2/c1-34-22-20(32-9-16(30-31-32)17-11-38-25(33)29-17)21-18(10-35-23(37-21)12-5-3-2-4-6-12)36-24(22)39-13-7-14(26)19(28)15(27)8-13/h2-9,11,18,20-24H,10H2,1H3,(H,29,33)/t18?,20-,21-,22?,23?,24+/m0/s1. The van der Waals surface area contributed by atoms with Gasteiger partial charge in [0.2, 0.25) is 0 Å². The Bertz CT molecular complexity index is 1500. The first kappa shape index (κ1) is 26.9. The van der Waals surface area contributed by atoms with Crippen LogP contribution in [0.15, 0.2) is 63.7 Å². The summed E-state index contributed by atoms with van der Waals surface area (Å²) in [5, 5.41) is 10.2. The number of thiazole rings is 1. The zero-order valence-corrected chi connectivity index (χ0v) is 23.3. The number of H-pyrrole nitrogens is 1. The van der Waals surface area contributed by atoms with Crippen LogP contribution >= 0.6 is 46.3 Å². The third-order valence-corrected chi connectivity index (χ3v) is 8.81. The molecule has 0 saturated carbocycles. The molecular formula is C25H21Cl2FN4O5S2. The van der Waals surface area contributed by atoms with Crippen LogP contribution in [-0.4, -0.2) is 57.4 Å². The van der Waals surface area contributed by atoms with Crippen LogP contribution in [0.25, 0.3) is 11.4 Å². The Morgan fingerprint density at radius 2 is 1.97 bits per heavy atom. The summed E-state index contributed by atoms with van der Waals surface area (Å²) in [7, 11) is 1.57. The quantitative estimate of drug-likeness (QED) is 0.292.